The van der Waals surface area contributed by atoms with Crippen molar-refractivity contribution in [3.63, 3.8) is 0 Å². The largest absolute Gasteiger partial charge is 0.478 e. The third-order valence-electron chi connectivity index (χ3n) is 4.02. The summed E-state index contributed by atoms with van der Waals surface area (Å²) in [4.78, 5) is 15.4. The zero-order chi connectivity index (χ0) is 14.7. The van der Waals surface area contributed by atoms with E-state index in [1.54, 1.807) is 0 Å². The van der Waals surface area contributed by atoms with Crippen molar-refractivity contribution >= 4 is 5.97 Å². The predicted molar refractivity (Wildman–Crippen MR) is 75.3 cm³/mol. The SMILES string of the molecule is CN1CCC(N(C)Cc2cc(C(=O)O)ccc2F)CC1. The van der Waals surface area contributed by atoms with Crippen molar-refractivity contribution in [2.45, 2.75) is 25.4 Å². The number of carboxylic acid groups (broad SMARTS) is 1. The van der Waals surface area contributed by atoms with Crippen LogP contribution in [0.2, 0.25) is 0 Å². The second-order valence-corrected chi connectivity index (χ2v) is 5.56. The molecule has 110 valence electrons. The second kappa shape index (κ2) is 6.33. The Labute approximate surface area is 118 Å². The van der Waals surface area contributed by atoms with E-state index in [0.717, 1.165) is 25.9 Å². The molecule has 0 saturated carbocycles. The number of halogens is 1. The van der Waals surface area contributed by atoms with E-state index >= 15 is 0 Å². The molecule has 0 atom stereocenters. The van der Waals surface area contributed by atoms with Gasteiger partial charge < -0.3 is 10.0 Å². The third kappa shape index (κ3) is 3.55. The first kappa shape index (κ1) is 14.9. The number of hydrogen-bond acceptors (Lipinski definition) is 3. The topological polar surface area (TPSA) is 43.8 Å². The lowest BCUT2D eigenvalue weighted by atomic mass is 10.0. The first-order valence-corrected chi connectivity index (χ1v) is 6.88. The molecule has 1 aromatic carbocycles. The van der Waals surface area contributed by atoms with E-state index in [4.69, 9.17) is 5.11 Å². The van der Waals surface area contributed by atoms with Crippen LogP contribution in [-0.4, -0.2) is 54.1 Å². The van der Waals surface area contributed by atoms with Crippen molar-refractivity contribution in [3.05, 3.63) is 35.1 Å². The number of hydrogen-bond donors (Lipinski definition) is 1. The molecule has 1 N–H and O–H groups in total. The first-order valence-electron chi connectivity index (χ1n) is 6.88. The number of rotatable bonds is 4. The van der Waals surface area contributed by atoms with Gasteiger partial charge in [-0.15, -0.1) is 0 Å². The van der Waals surface area contributed by atoms with Gasteiger partial charge in [0.05, 0.1) is 5.56 Å². The number of carbonyl (C=O) groups is 1. The van der Waals surface area contributed by atoms with Gasteiger partial charge in [0, 0.05) is 18.2 Å². The number of carboxylic acids is 1. The van der Waals surface area contributed by atoms with Gasteiger partial charge >= 0.3 is 5.97 Å². The minimum atomic E-state index is -1.02. The number of likely N-dealkylation sites (tertiary alicyclic amines) is 1. The Bertz CT molecular complexity index is 485. The van der Waals surface area contributed by atoms with E-state index in [1.807, 2.05) is 7.05 Å². The third-order valence-corrected chi connectivity index (χ3v) is 4.02. The van der Waals surface area contributed by atoms with E-state index in [2.05, 4.69) is 16.8 Å². The predicted octanol–water partition coefficient (Wildman–Crippen LogP) is 2.05. The maximum absolute atomic E-state index is 13.8. The molecule has 20 heavy (non-hydrogen) atoms. The molecule has 1 saturated heterocycles. The highest BCUT2D eigenvalue weighted by Gasteiger charge is 2.21. The molecule has 0 aliphatic carbocycles. The standard InChI is InChI=1S/C15H21FN2O2/c1-17-7-5-13(6-8-17)18(2)10-12-9-11(15(19)20)3-4-14(12)16/h3-4,9,13H,5-8,10H2,1-2H3,(H,19,20). The number of aromatic carboxylic acids is 1. The average molecular weight is 280 g/mol. The van der Waals surface area contributed by atoms with Gasteiger partial charge in [-0.25, -0.2) is 9.18 Å². The fourth-order valence-electron chi connectivity index (χ4n) is 2.66. The zero-order valence-electron chi connectivity index (χ0n) is 12.0. The molecule has 1 fully saturated rings. The van der Waals surface area contributed by atoms with Gasteiger partial charge in [-0.2, -0.15) is 0 Å². The van der Waals surface area contributed by atoms with Gasteiger partial charge in [-0.05, 0) is 58.2 Å². The summed E-state index contributed by atoms with van der Waals surface area (Å²) >= 11 is 0. The van der Waals surface area contributed by atoms with Crippen molar-refractivity contribution in [2.24, 2.45) is 0 Å². The van der Waals surface area contributed by atoms with Crippen LogP contribution in [0.5, 0.6) is 0 Å². The number of nitrogens with zero attached hydrogens (tertiary/aromatic N) is 2. The molecular weight excluding hydrogens is 259 g/mol. The fourth-order valence-corrected chi connectivity index (χ4v) is 2.66. The molecule has 0 unspecified atom stereocenters. The van der Waals surface area contributed by atoms with Crippen LogP contribution in [0.4, 0.5) is 4.39 Å². The molecule has 1 aliphatic heterocycles. The van der Waals surface area contributed by atoms with Crippen LogP contribution >= 0.6 is 0 Å². The summed E-state index contributed by atoms with van der Waals surface area (Å²) in [5, 5.41) is 8.97. The fraction of sp³-hybridized carbons (Fsp3) is 0.533. The van der Waals surface area contributed by atoms with Crippen LogP contribution in [0.3, 0.4) is 0 Å². The summed E-state index contributed by atoms with van der Waals surface area (Å²) in [6, 6.07) is 4.40. The Kier molecular flexibility index (Phi) is 4.73. The number of piperidine rings is 1. The molecule has 0 amide bonds. The summed E-state index contributed by atoms with van der Waals surface area (Å²) in [5.74, 6) is -1.36. The average Bonchev–Trinajstić information content (AvgIpc) is 2.41. The molecule has 5 heteroatoms. The number of benzene rings is 1. The Morgan fingerprint density at radius 1 is 1.45 bits per heavy atom. The smallest absolute Gasteiger partial charge is 0.335 e. The van der Waals surface area contributed by atoms with Crippen LogP contribution in [0.25, 0.3) is 0 Å². The summed E-state index contributed by atoms with van der Waals surface area (Å²) < 4.78 is 13.8. The summed E-state index contributed by atoms with van der Waals surface area (Å²) in [5.41, 5.74) is 0.588. The van der Waals surface area contributed by atoms with Gasteiger partial charge in [0.15, 0.2) is 0 Å². The second-order valence-electron chi connectivity index (χ2n) is 5.56. The Balaban J connectivity index is 2.05. The van der Waals surface area contributed by atoms with E-state index in [0.29, 0.717) is 18.2 Å². The minimum Gasteiger partial charge on any atom is -0.478 e. The highest BCUT2D eigenvalue weighted by molar-refractivity contribution is 5.87. The lowest BCUT2D eigenvalue weighted by Crippen LogP contribution is -2.41. The van der Waals surface area contributed by atoms with Gasteiger partial charge in [-0.3, -0.25) is 4.90 Å². The Morgan fingerprint density at radius 3 is 2.70 bits per heavy atom. The molecule has 1 heterocycles. The Hall–Kier alpha value is -1.46. The molecule has 1 aromatic rings. The lowest BCUT2D eigenvalue weighted by molar-refractivity contribution is 0.0696. The molecule has 0 bridgehead atoms. The van der Waals surface area contributed by atoms with Gasteiger partial charge in [0.1, 0.15) is 5.82 Å². The molecule has 4 nitrogen and oxygen atoms in total. The molecule has 0 radical (unpaired) electrons. The van der Waals surface area contributed by atoms with Crippen LogP contribution in [0.1, 0.15) is 28.8 Å². The molecule has 0 aromatic heterocycles. The van der Waals surface area contributed by atoms with Crippen molar-refractivity contribution in [1.29, 1.82) is 0 Å². The van der Waals surface area contributed by atoms with E-state index < -0.39 is 5.97 Å². The van der Waals surface area contributed by atoms with Crippen molar-refractivity contribution < 1.29 is 14.3 Å². The Morgan fingerprint density at radius 2 is 2.10 bits per heavy atom. The quantitative estimate of drug-likeness (QED) is 0.916. The van der Waals surface area contributed by atoms with Gasteiger partial charge in [-0.1, -0.05) is 0 Å². The molecular formula is C15H21FN2O2. The van der Waals surface area contributed by atoms with Crippen LogP contribution in [0.15, 0.2) is 18.2 Å². The minimum absolute atomic E-state index is 0.137. The van der Waals surface area contributed by atoms with Crippen LogP contribution in [0, 0.1) is 5.82 Å². The molecule has 2 rings (SSSR count). The van der Waals surface area contributed by atoms with Crippen molar-refractivity contribution in [1.82, 2.24) is 9.80 Å². The summed E-state index contributed by atoms with van der Waals surface area (Å²) in [6.07, 6.45) is 2.13. The van der Waals surface area contributed by atoms with E-state index in [1.165, 1.54) is 18.2 Å². The normalized spacial score (nSPS) is 17.6. The lowest BCUT2D eigenvalue weighted by Gasteiger charge is -2.35. The van der Waals surface area contributed by atoms with Crippen LogP contribution in [-0.2, 0) is 6.54 Å². The zero-order valence-corrected chi connectivity index (χ0v) is 12.0. The van der Waals surface area contributed by atoms with Crippen molar-refractivity contribution in [2.75, 3.05) is 27.2 Å². The van der Waals surface area contributed by atoms with E-state index in [9.17, 15) is 9.18 Å². The van der Waals surface area contributed by atoms with Gasteiger partial charge in [0.25, 0.3) is 0 Å². The van der Waals surface area contributed by atoms with Crippen LogP contribution < -0.4 is 0 Å². The first-order chi connectivity index (χ1) is 9.47. The maximum Gasteiger partial charge on any atom is 0.335 e. The maximum atomic E-state index is 13.8. The molecule has 1 aliphatic rings. The summed E-state index contributed by atoms with van der Waals surface area (Å²) in [7, 11) is 4.08. The monoisotopic (exact) mass is 280 g/mol. The van der Waals surface area contributed by atoms with Crippen molar-refractivity contribution in [3.8, 4) is 0 Å². The molecule has 0 spiro atoms. The highest BCUT2D eigenvalue weighted by Crippen LogP contribution is 2.19. The van der Waals surface area contributed by atoms with E-state index in [-0.39, 0.29) is 11.4 Å². The summed E-state index contributed by atoms with van der Waals surface area (Å²) in [6.45, 7) is 2.54. The highest BCUT2D eigenvalue weighted by atomic mass is 19.1. The van der Waals surface area contributed by atoms with Gasteiger partial charge in [0.2, 0.25) is 0 Å².